The number of morpholine rings is 1. The minimum Gasteiger partial charge on any atom is -0.370 e. The van der Waals surface area contributed by atoms with Gasteiger partial charge in [-0.05, 0) is 49.3 Å². The molecule has 1 aliphatic rings. The maximum absolute atomic E-state index is 6.22. The van der Waals surface area contributed by atoms with Gasteiger partial charge in [-0.1, -0.05) is 47.5 Å². The topological polar surface area (TPSA) is 37.7 Å². The summed E-state index contributed by atoms with van der Waals surface area (Å²) >= 11 is 11.8. The lowest BCUT2D eigenvalue weighted by molar-refractivity contribution is -0.909. The predicted molar refractivity (Wildman–Crippen MR) is 116 cm³/mol. The Kier molecular flexibility index (Phi) is 7.07. The van der Waals surface area contributed by atoms with Gasteiger partial charge in [-0.15, -0.1) is 0 Å². The Morgan fingerprint density at radius 3 is 2.56 bits per heavy atom. The molecule has 0 spiro atoms. The molecule has 1 atom stereocenters. The van der Waals surface area contributed by atoms with E-state index in [1.807, 2.05) is 25.1 Å². The van der Waals surface area contributed by atoms with E-state index in [0.29, 0.717) is 5.11 Å². The lowest BCUT2D eigenvalue weighted by atomic mass is 10.0. The van der Waals surface area contributed by atoms with Crippen LogP contribution in [0.3, 0.4) is 0 Å². The molecule has 1 saturated heterocycles. The molecule has 1 heterocycles. The van der Waals surface area contributed by atoms with Crippen LogP contribution in [-0.4, -0.2) is 38.0 Å². The number of hydrogen-bond donors (Lipinski definition) is 3. The van der Waals surface area contributed by atoms with Gasteiger partial charge in [0.2, 0.25) is 0 Å². The molecular weight excluding hydrogens is 378 g/mol. The molecule has 0 bridgehead atoms. The SMILES string of the molecule is Cc1ccc([C@@H](C[NH+]2CCOCC2)NC(=S)Nc2cccc(Cl)c2C)cc1. The number of anilines is 1. The third-order valence-corrected chi connectivity index (χ3v) is 5.62. The highest BCUT2D eigenvalue weighted by molar-refractivity contribution is 7.80. The molecule has 0 unspecified atom stereocenters. The summed E-state index contributed by atoms with van der Waals surface area (Å²) in [5, 5.41) is 8.15. The molecular formula is C21H27ClN3OS+. The summed E-state index contributed by atoms with van der Waals surface area (Å²) in [4.78, 5) is 1.53. The molecule has 27 heavy (non-hydrogen) atoms. The molecule has 0 saturated carbocycles. The molecule has 0 radical (unpaired) electrons. The van der Waals surface area contributed by atoms with Gasteiger partial charge in [0.25, 0.3) is 0 Å². The summed E-state index contributed by atoms with van der Waals surface area (Å²) in [5.74, 6) is 0. The summed E-state index contributed by atoms with van der Waals surface area (Å²) in [6.45, 7) is 8.74. The van der Waals surface area contributed by atoms with E-state index in [9.17, 15) is 0 Å². The van der Waals surface area contributed by atoms with Crippen LogP contribution in [0.15, 0.2) is 42.5 Å². The Morgan fingerprint density at radius 2 is 1.85 bits per heavy atom. The number of nitrogens with one attached hydrogen (secondary N) is 3. The lowest BCUT2D eigenvalue weighted by Crippen LogP contribution is -3.14. The number of hydrogen-bond acceptors (Lipinski definition) is 2. The molecule has 0 aliphatic carbocycles. The molecule has 3 N–H and O–H groups in total. The highest BCUT2D eigenvalue weighted by Crippen LogP contribution is 2.23. The minimum atomic E-state index is 0.137. The standard InChI is InChI=1S/C21H26ClN3OS/c1-15-6-8-17(9-7-15)20(14-25-10-12-26-13-11-25)24-21(27)23-19-5-3-4-18(22)16(19)2/h3-9,20H,10-14H2,1-2H3,(H2,23,24,27)/p+1/t20-/m1/s1. The fourth-order valence-corrected chi connectivity index (χ4v) is 3.69. The van der Waals surface area contributed by atoms with Crippen molar-refractivity contribution >= 4 is 34.6 Å². The summed E-state index contributed by atoms with van der Waals surface area (Å²) in [5.41, 5.74) is 4.42. The Labute approximate surface area is 171 Å². The highest BCUT2D eigenvalue weighted by atomic mass is 35.5. The Morgan fingerprint density at radius 1 is 1.15 bits per heavy atom. The van der Waals surface area contributed by atoms with Crippen molar-refractivity contribution in [2.45, 2.75) is 19.9 Å². The molecule has 0 aromatic heterocycles. The van der Waals surface area contributed by atoms with Crippen LogP contribution < -0.4 is 15.5 Å². The van der Waals surface area contributed by atoms with Gasteiger partial charge in [0.1, 0.15) is 25.7 Å². The molecule has 2 aromatic rings. The number of ether oxygens (including phenoxy) is 1. The Bertz CT molecular complexity index is 775. The molecule has 6 heteroatoms. The molecule has 1 fully saturated rings. The van der Waals surface area contributed by atoms with E-state index in [1.165, 1.54) is 16.0 Å². The van der Waals surface area contributed by atoms with Crippen LogP contribution in [0.1, 0.15) is 22.7 Å². The van der Waals surface area contributed by atoms with Crippen LogP contribution in [-0.2, 0) is 4.74 Å². The minimum absolute atomic E-state index is 0.137. The summed E-state index contributed by atoms with van der Waals surface area (Å²) < 4.78 is 5.50. The second kappa shape index (κ2) is 9.51. The van der Waals surface area contributed by atoms with Gasteiger partial charge in [0, 0.05) is 10.7 Å². The van der Waals surface area contributed by atoms with Crippen LogP contribution in [0.25, 0.3) is 0 Å². The maximum Gasteiger partial charge on any atom is 0.171 e. The quantitative estimate of drug-likeness (QED) is 0.670. The van der Waals surface area contributed by atoms with Crippen LogP contribution in [0.2, 0.25) is 5.02 Å². The monoisotopic (exact) mass is 404 g/mol. The maximum atomic E-state index is 6.22. The molecule has 2 aromatic carbocycles. The summed E-state index contributed by atoms with van der Waals surface area (Å²) in [6.07, 6.45) is 0. The highest BCUT2D eigenvalue weighted by Gasteiger charge is 2.22. The first-order chi connectivity index (χ1) is 13.0. The fourth-order valence-electron chi connectivity index (χ4n) is 3.26. The molecule has 4 nitrogen and oxygen atoms in total. The lowest BCUT2D eigenvalue weighted by Gasteiger charge is -2.29. The number of rotatable bonds is 5. The van der Waals surface area contributed by atoms with Gasteiger partial charge >= 0.3 is 0 Å². The van der Waals surface area contributed by atoms with Crippen LogP contribution in [0.5, 0.6) is 0 Å². The van der Waals surface area contributed by atoms with E-state index in [4.69, 9.17) is 28.6 Å². The van der Waals surface area contributed by atoms with E-state index in [-0.39, 0.29) is 6.04 Å². The van der Waals surface area contributed by atoms with E-state index >= 15 is 0 Å². The average molecular weight is 405 g/mol. The smallest absolute Gasteiger partial charge is 0.171 e. The summed E-state index contributed by atoms with van der Waals surface area (Å²) in [6, 6.07) is 14.6. The third-order valence-electron chi connectivity index (χ3n) is 4.99. The van der Waals surface area contributed by atoms with Crippen LogP contribution in [0.4, 0.5) is 5.69 Å². The van der Waals surface area contributed by atoms with Crippen LogP contribution >= 0.6 is 23.8 Å². The number of benzene rings is 2. The van der Waals surface area contributed by atoms with Gasteiger partial charge in [-0.3, -0.25) is 0 Å². The first-order valence-corrected chi connectivity index (χ1v) is 10.1. The zero-order valence-corrected chi connectivity index (χ0v) is 17.4. The van der Waals surface area contributed by atoms with Crippen LogP contribution in [0, 0.1) is 13.8 Å². The molecule has 3 rings (SSSR count). The Hall–Kier alpha value is -1.66. The van der Waals surface area contributed by atoms with Crippen molar-refractivity contribution in [1.29, 1.82) is 0 Å². The van der Waals surface area contributed by atoms with Gasteiger partial charge in [-0.2, -0.15) is 0 Å². The van der Waals surface area contributed by atoms with Crippen molar-refractivity contribution in [3.63, 3.8) is 0 Å². The second-order valence-electron chi connectivity index (χ2n) is 7.04. The van der Waals surface area contributed by atoms with Gasteiger partial charge in [0.15, 0.2) is 5.11 Å². The molecule has 1 aliphatic heterocycles. The zero-order valence-electron chi connectivity index (χ0n) is 15.8. The largest absolute Gasteiger partial charge is 0.370 e. The van der Waals surface area contributed by atoms with Crippen molar-refractivity contribution in [2.24, 2.45) is 0 Å². The summed E-state index contributed by atoms with van der Waals surface area (Å²) in [7, 11) is 0. The normalized spacial score (nSPS) is 16.0. The van der Waals surface area contributed by atoms with E-state index < -0.39 is 0 Å². The van der Waals surface area contributed by atoms with Gasteiger partial charge < -0.3 is 20.3 Å². The number of thiocarbonyl (C=S) groups is 1. The number of halogens is 1. The van der Waals surface area contributed by atoms with E-state index in [2.05, 4.69) is 41.8 Å². The molecule has 0 amide bonds. The van der Waals surface area contributed by atoms with Crippen molar-refractivity contribution in [3.8, 4) is 0 Å². The van der Waals surface area contributed by atoms with E-state index in [1.54, 1.807) is 0 Å². The zero-order chi connectivity index (χ0) is 19.2. The van der Waals surface area contributed by atoms with Crippen molar-refractivity contribution in [2.75, 3.05) is 38.2 Å². The van der Waals surface area contributed by atoms with Crippen molar-refractivity contribution in [1.82, 2.24) is 5.32 Å². The second-order valence-corrected chi connectivity index (χ2v) is 7.86. The first-order valence-electron chi connectivity index (χ1n) is 9.33. The predicted octanol–water partition coefficient (Wildman–Crippen LogP) is 2.90. The average Bonchev–Trinajstić information content (AvgIpc) is 2.66. The van der Waals surface area contributed by atoms with Gasteiger partial charge in [0.05, 0.1) is 13.2 Å². The first kappa shape index (κ1) is 20.1. The third kappa shape index (κ3) is 5.66. The molecule has 144 valence electrons. The van der Waals surface area contributed by atoms with Crippen molar-refractivity contribution in [3.05, 3.63) is 64.2 Å². The fraction of sp³-hybridized carbons (Fsp3) is 0.381. The number of quaternary nitrogens is 1. The van der Waals surface area contributed by atoms with E-state index in [0.717, 1.165) is 49.1 Å². The van der Waals surface area contributed by atoms with Gasteiger partial charge in [-0.25, -0.2) is 0 Å². The Balaban J connectivity index is 1.72. The number of aryl methyl sites for hydroxylation is 1. The van der Waals surface area contributed by atoms with Crippen molar-refractivity contribution < 1.29 is 9.64 Å².